The largest absolute Gasteiger partial charge is 0.306 e. The molecule has 2 saturated heterocycles. The van der Waals surface area contributed by atoms with Crippen LogP contribution in [0.3, 0.4) is 0 Å². The summed E-state index contributed by atoms with van der Waals surface area (Å²) in [4.78, 5) is 16.6. The van der Waals surface area contributed by atoms with Crippen molar-refractivity contribution in [1.82, 2.24) is 4.90 Å². The minimum absolute atomic E-state index is 0.00967. The van der Waals surface area contributed by atoms with Crippen molar-refractivity contribution in [2.45, 2.75) is 45.2 Å². The number of piperazine rings is 1. The molecule has 3 rings (SSSR count). The zero-order valence-electron chi connectivity index (χ0n) is 14.4. The van der Waals surface area contributed by atoms with Gasteiger partial charge in [0.05, 0.1) is 24.1 Å². The summed E-state index contributed by atoms with van der Waals surface area (Å²) in [5.74, 6) is 0.247. The fourth-order valence-electron chi connectivity index (χ4n) is 3.88. The van der Waals surface area contributed by atoms with Gasteiger partial charge in [-0.3, -0.25) is 9.69 Å². The molecule has 1 aromatic carbocycles. The van der Waals surface area contributed by atoms with Gasteiger partial charge in [-0.2, -0.15) is 0 Å². The standard InChI is InChI=1S/C18H26N2O3S/c1-3-4-5-9-19-11-18(21)20(15-8-6-7-14(2)10-15)17-13-24(22,23)12-16(17)19/h6-8,10,16-17H,3-5,9,11-13H2,1-2H3/t16-,17+/m0/s1. The quantitative estimate of drug-likeness (QED) is 0.762. The van der Waals surface area contributed by atoms with E-state index >= 15 is 0 Å². The summed E-state index contributed by atoms with van der Waals surface area (Å²) in [6, 6.07) is 7.43. The van der Waals surface area contributed by atoms with E-state index < -0.39 is 9.84 Å². The minimum atomic E-state index is -3.10. The molecule has 0 N–H and O–H groups in total. The van der Waals surface area contributed by atoms with Crippen LogP contribution < -0.4 is 4.90 Å². The highest BCUT2D eigenvalue weighted by molar-refractivity contribution is 7.91. The van der Waals surface area contributed by atoms with E-state index in [1.54, 1.807) is 4.90 Å². The Morgan fingerprint density at radius 1 is 1.17 bits per heavy atom. The molecule has 0 radical (unpaired) electrons. The summed E-state index contributed by atoms with van der Waals surface area (Å²) < 4.78 is 24.5. The second-order valence-corrected chi connectivity index (χ2v) is 9.15. The number of aryl methyl sites for hydroxylation is 1. The van der Waals surface area contributed by atoms with Crippen molar-refractivity contribution in [2.75, 3.05) is 29.5 Å². The molecule has 0 aromatic heterocycles. The Morgan fingerprint density at radius 3 is 2.62 bits per heavy atom. The summed E-state index contributed by atoms with van der Waals surface area (Å²) in [7, 11) is -3.10. The number of rotatable bonds is 5. The van der Waals surface area contributed by atoms with Crippen molar-refractivity contribution in [2.24, 2.45) is 0 Å². The number of amides is 1. The lowest BCUT2D eigenvalue weighted by molar-refractivity contribution is -0.123. The normalized spacial score (nSPS) is 26.6. The fraction of sp³-hybridized carbons (Fsp3) is 0.611. The van der Waals surface area contributed by atoms with Crippen LogP contribution in [0, 0.1) is 6.92 Å². The third-order valence-electron chi connectivity index (χ3n) is 5.03. The molecule has 1 aromatic rings. The van der Waals surface area contributed by atoms with E-state index in [0.29, 0.717) is 6.54 Å². The van der Waals surface area contributed by atoms with E-state index in [1.165, 1.54) is 0 Å². The van der Waals surface area contributed by atoms with Gasteiger partial charge in [0.15, 0.2) is 9.84 Å². The van der Waals surface area contributed by atoms with Gasteiger partial charge in [-0.25, -0.2) is 8.42 Å². The molecule has 1 amide bonds. The SMILES string of the molecule is CCCCCN1CC(=O)N(c2cccc(C)c2)[C@@H]2CS(=O)(=O)C[C@@H]21. The molecule has 2 heterocycles. The van der Waals surface area contributed by atoms with Gasteiger partial charge in [-0.05, 0) is 37.6 Å². The van der Waals surface area contributed by atoms with Crippen molar-refractivity contribution < 1.29 is 13.2 Å². The second kappa shape index (κ2) is 6.84. The highest BCUT2D eigenvalue weighted by Gasteiger charge is 2.49. The second-order valence-electron chi connectivity index (χ2n) is 6.99. The molecular formula is C18H26N2O3S. The van der Waals surface area contributed by atoms with Crippen LogP contribution in [-0.4, -0.2) is 55.9 Å². The average molecular weight is 350 g/mol. The topological polar surface area (TPSA) is 57.7 Å². The number of carbonyl (C=O) groups is 1. The maximum Gasteiger partial charge on any atom is 0.241 e. The molecule has 5 nitrogen and oxygen atoms in total. The molecule has 24 heavy (non-hydrogen) atoms. The monoisotopic (exact) mass is 350 g/mol. The first-order valence-electron chi connectivity index (χ1n) is 8.74. The Labute approximate surface area is 144 Å². The smallest absolute Gasteiger partial charge is 0.241 e. The van der Waals surface area contributed by atoms with Crippen LogP contribution in [0.25, 0.3) is 0 Å². The highest BCUT2D eigenvalue weighted by Crippen LogP contribution is 2.32. The number of fused-ring (bicyclic) bond motifs is 1. The van der Waals surface area contributed by atoms with Gasteiger partial charge in [0.1, 0.15) is 0 Å². The Hall–Kier alpha value is -1.40. The molecule has 0 unspecified atom stereocenters. The third kappa shape index (κ3) is 3.49. The number of nitrogens with zero attached hydrogens (tertiary/aromatic N) is 2. The first-order valence-corrected chi connectivity index (χ1v) is 10.6. The Balaban J connectivity index is 1.89. The lowest BCUT2D eigenvalue weighted by atomic mass is 10.0. The van der Waals surface area contributed by atoms with Crippen molar-refractivity contribution in [3.8, 4) is 0 Å². The van der Waals surface area contributed by atoms with Crippen molar-refractivity contribution in [3.63, 3.8) is 0 Å². The number of sulfone groups is 1. The molecule has 132 valence electrons. The maximum atomic E-state index is 12.8. The molecule has 0 bridgehead atoms. The van der Waals surface area contributed by atoms with E-state index in [4.69, 9.17) is 0 Å². The molecule has 0 spiro atoms. The van der Waals surface area contributed by atoms with Crippen LogP contribution in [0.1, 0.15) is 31.7 Å². The zero-order valence-corrected chi connectivity index (χ0v) is 15.3. The molecule has 2 aliphatic heterocycles. The number of benzene rings is 1. The highest BCUT2D eigenvalue weighted by atomic mass is 32.2. The third-order valence-corrected chi connectivity index (χ3v) is 6.73. The van der Waals surface area contributed by atoms with Crippen LogP contribution in [-0.2, 0) is 14.6 Å². The molecule has 0 saturated carbocycles. The molecule has 0 aliphatic carbocycles. The van der Waals surface area contributed by atoms with E-state index in [9.17, 15) is 13.2 Å². The Morgan fingerprint density at radius 2 is 1.92 bits per heavy atom. The van der Waals surface area contributed by atoms with Crippen molar-refractivity contribution >= 4 is 21.4 Å². The van der Waals surface area contributed by atoms with Gasteiger partial charge >= 0.3 is 0 Å². The van der Waals surface area contributed by atoms with Gasteiger partial charge in [-0.1, -0.05) is 31.9 Å². The number of carbonyl (C=O) groups excluding carboxylic acids is 1. The summed E-state index contributed by atoms with van der Waals surface area (Å²) in [6.07, 6.45) is 3.23. The average Bonchev–Trinajstić information content (AvgIpc) is 2.82. The van der Waals surface area contributed by atoms with Crippen LogP contribution in [0.15, 0.2) is 24.3 Å². The van der Waals surface area contributed by atoms with Gasteiger partial charge < -0.3 is 4.90 Å². The van der Waals surface area contributed by atoms with E-state index in [1.807, 2.05) is 31.2 Å². The van der Waals surface area contributed by atoms with Crippen LogP contribution in [0.4, 0.5) is 5.69 Å². The van der Waals surface area contributed by atoms with Crippen LogP contribution in [0.5, 0.6) is 0 Å². The number of hydrogen-bond acceptors (Lipinski definition) is 4. The van der Waals surface area contributed by atoms with Crippen LogP contribution >= 0.6 is 0 Å². The number of anilines is 1. The summed E-state index contributed by atoms with van der Waals surface area (Å²) in [6.45, 7) is 5.24. The minimum Gasteiger partial charge on any atom is -0.306 e. The molecule has 2 fully saturated rings. The van der Waals surface area contributed by atoms with E-state index in [-0.39, 0.29) is 29.5 Å². The van der Waals surface area contributed by atoms with Crippen LogP contribution in [0.2, 0.25) is 0 Å². The van der Waals surface area contributed by atoms with E-state index in [2.05, 4.69) is 11.8 Å². The van der Waals surface area contributed by atoms with Gasteiger partial charge in [0.2, 0.25) is 5.91 Å². The Kier molecular flexibility index (Phi) is 4.97. The molecular weight excluding hydrogens is 324 g/mol. The number of unbranched alkanes of at least 4 members (excludes halogenated alkanes) is 2. The van der Waals surface area contributed by atoms with E-state index in [0.717, 1.165) is 37.1 Å². The predicted octanol–water partition coefficient (Wildman–Crippen LogP) is 2.00. The van der Waals surface area contributed by atoms with Gasteiger partial charge in [0.25, 0.3) is 0 Å². The Bertz CT molecular complexity index is 717. The van der Waals surface area contributed by atoms with Gasteiger partial charge in [-0.15, -0.1) is 0 Å². The first kappa shape index (κ1) is 17.4. The summed E-state index contributed by atoms with van der Waals surface area (Å²) >= 11 is 0. The lowest BCUT2D eigenvalue weighted by Gasteiger charge is -2.43. The van der Waals surface area contributed by atoms with Gasteiger partial charge in [0, 0.05) is 11.7 Å². The molecule has 6 heteroatoms. The number of hydrogen-bond donors (Lipinski definition) is 0. The summed E-state index contributed by atoms with van der Waals surface area (Å²) in [5, 5.41) is 0. The maximum absolute atomic E-state index is 12.8. The predicted molar refractivity (Wildman–Crippen MR) is 96.0 cm³/mol. The van der Waals surface area contributed by atoms with Crippen molar-refractivity contribution in [3.05, 3.63) is 29.8 Å². The zero-order chi connectivity index (χ0) is 17.3. The first-order chi connectivity index (χ1) is 11.4. The summed E-state index contributed by atoms with van der Waals surface area (Å²) in [5.41, 5.74) is 1.89. The van der Waals surface area contributed by atoms with Crippen molar-refractivity contribution in [1.29, 1.82) is 0 Å². The lowest BCUT2D eigenvalue weighted by Crippen LogP contribution is -2.62. The fourth-order valence-corrected chi connectivity index (χ4v) is 5.86. The molecule has 2 atom stereocenters. The molecule has 2 aliphatic rings.